The zero-order valence-corrected chi connectivity index (χ0v) is 9.55. The van der Waals surface area contributed by atoms with Gasteiger partial charge in [0.2, 0.25) is 0 Å². The van der Waals surface area contributed by atoms with E-state index in [4.69, 9.17) is 28.9 Å². The summed E-state index contributed by atoms with van der Waals surface area (Å²) in [5.74, 6) is 0. The average molecular weight is 242 g/mol. The summed E-state index contributed by atoms with van der Waals surface area (Å²) < 4.78 is 1.62. The van der Waals surface area contributed by atoms with E-state index in [1.54, 1.807) is 29.1 Å². The number of aryl methyl sites for hydroxylation is 1. The first-order valence-electron chi connectivity index (χ1n) is 4.35. The molecule has 0 atom stereocenters. The molecule has 0 saturated carbocycles. The maximum absolute atomic E-state index is 6.03. The van der Waals surface area contributed by atoms with Gasteiger partial charge in [0.1, 0.15) is 0 Å². The van der Waals surface area contributed by atoms with E-state index in [-0.39, 0.29) is 0 Å². The van der Waals surface area contributed by atoms with E-state index in [1.807, 2.05) is 6.92 Å². The van der Waals surface area contributed by atoms with Crippen molar-refractivity contribution in [2.45, 2.75) is 6.92 Å². The van der Waals surface area contributed by atoms with Crippen LogP contribution in [0.2, 0.25) is 10.0 Å². The van der Waals surface area contributed by atoms with Gasteiger partial charge in [-0.1, -0.05) is 23.2 Å². The first kappa shape index (κ1) is 10.3. The number of hydrogen-bond donors (Lipinski definition) is 1. The lowest BCUT2D eigenvalue weighted by molar-refractivity contribution is 0.863. The van der Waals surface area contributed by atoms with Crippen LogP contribution in [0.25, 0.3) is 5.69 Å². The molecule has 1 aromatic carbocycles. The van der Waals surface area contributed by atoms with E-state index in [9.17, 15) is 0 Å². The zero-order valence-electron chi connectivity index (χ0n) is 8.04. The highest BCUT2D eigenvalue weighted by Crippen LogP contribution is 2.25. The van der Waals surface area contributed by atoms with Crippen molar-refractivity contribution in [3.63, 3.8) is 0 Å². The van der Waals surface area contributed by atoms with Crippen molar-refractivity contribution >= 4 is 28.9 Å². The maximum Gasteiger partial charge on any atom is 0.0847 e. The van der Waals surface area contributed by atoms with Crippen LogP contribution in [0.5, 0.6) is 0 Å². The van der Waals surface area contributed by atoms with Gasteiger partial charge in [-0.3, -0.25) is 0 Å². The van der Waals surface area contributed by atoms with E-state index >= 15 is 0 Å². The van der Waals surface area contributed by atoms with Gasteiger partial charge in [-0.05, 0) is 25.1 Å². The molecule has 0 fully saturated rings. The van der Waals surface area contributed by atoms with Crippen molar-refractivity contribution in [3.05, 3.63) is 40.1 Å². The predicted molar refractivity (Wildman–Crippen MR) is 62.7 cm³/mol. The van der Waals surface area contributed by atoms with Crippen LogP contribution >= 0.6 is 23.2 Å². The van der Waals surface area contributed by atoms with Gasteiger partial charge in [0.15, 0.2) is 0 Å². The molecule has 0 unspecified atom stereocenters. The minimum atomic E-state index is 0.585. The molecular formula is C10H9Cl2N3. The summed E-state index contributed by atoms with van der Waals surface area (Å²) in [4.78, 5) is 0. The number of nitrogen functional groups attached to an aromatic ring is 1. The third kappa shape index (κ3) is 1.94. The van der Waals surface area contributed by atoms with E-state index in [2.05, 4.69) is 5.10 Å². The molecule has 0 amide bonds. The van der Waals surface area contributed by atoms with E-state index < -0.39 is 0 Å². The Balaban J connectivity index is 2.58. The molecule has 0 spiro atoms. The zero-order chi connectivity index (χ0) is 11.0. The number of nitrogens with zero attached hydrogens (tertiary/aromatic N) is 2. The molecule has 0 aliphatic heterocycles. The van der Waals surface area contributed by atoms with Crippen molar-refractivity contribution in [2.75, 3.05) is 5.73 Å². The van der Waals surface area contributed by atoms with Crippen LogP contribution in [0.15, 0.2) is 24.4 Å². The van der Waals surface area contributed by atoms with Crippen LogP contribution in [-0.2, 0) is 0 Å². The summed E-state index contributed by atoms with van der Waals surface area (Å²) >= 11 is 11.9. The first-order chi connectivity index (χ1) is 7.08. The number of nitrogens with two attached hydrogens (primary N) is 1. The lowest BCUT2D eigenvalue weighted by Gasteiger charge is -2.04. The molecule has 2 aromatic rings. The van der Waals surface area contributed by atoms with Crippen molar-refractivity contribution in [2.24, 2.45) is 0 Å². The van der Waals surface area contributed by atoms with Crippen LogP contribution in [-0.4, -0.2) is 9.78 Å². The van der Waals surface area contributed by atoms with Crippen molar-refractivity contribution in [3.8, 4) is 5.69 Å². The molecule has 1 aromatic heterocycles. The lowest BCUT2D eigenvalue weighted by Crippen LogP contribution is -1.95. The molecule has 5 heteroatoms. The van der Waals surface area contributed by atoms with Crippen molar-refractivity contribution in [1.82, 2.24) is 9.78 Å². The topological polar surface area (TPSA) is 43.8 Å². The van der Waals surface area contributed by atoms with Crippen LogP contribution < -0.4 is 5.73 Å². The molecule has 2 rings (SSSR count). The van der Waals surface area contributed by atoms with Gasteiger partial charge in [-0.25, -0.2) is 4.68 Å². The van der Waals surface area contributed by atoms with E-state index in [0.717, 1.165) is 11.4 Å². The highest BCUT2D eigenvalue weighted by atomic mass is 35.5. The highest BCUT2D eigenvalue weighted by molar-refractivity contribution is 6.34. The molecule has 3 nitrogen and oxygen atoms in total. The maximum atomic E-state index is 6.03. The Morgan fingerprint density at radius 1 is 1.33 bits per heavy atom. The van der Waals surface area contributed by atoms with Crippen LogP contribution in [0.4, 0.5) is 5.69 Å². The summed E-state index contributed by atoms with van der Waals surface area (Å²) in [6, 6.07) is 5.20. The van der Waals surface area contributed by atoms with Crippen molar-refractivity contribution in [1.29, 1.82) is 0 Å². The number of rotatable bonds is 1. The molecular weight excluding hydrogens is 233 g/mol. The number of hydrogen-bond acceptors (Lipinski definition) is 2. The molecule has 2 N–H and O–H groups in total. The largest absolute Gasteiger partial charge is 0.396 e. The number of benzene rings is 1. The SMILES string of the molecule is Cc1nn(-c2cc(Cl)ccc2Cl)cc1N. The number of halogens is 2. The fraction of sp³-hybridized carbons (Fsp3) is 0.100. The summed E-state index contributed by atoms with van der Waals surface area (Å²) in [6.45, 7) is 1.84. The normalized spacial score (nSPS) is 10.6. The summed E-state index contributed by atoms with van der Waals surface area (Å²) in [5, 5.41) is 5.43. The smallest absolute Gasteiger partial charge is 0.0847 e. The van der Waals surface area contributed by atoms with Crippen LogP contribution in [0.3, 0.4) is 0 Å². The van der Waals surface area contributed by atoms with Gasteiger partial charge < -0.3 is 5.73 Å². The Labute approximate surface area is 97.4 Å². The average Bonchev–Trinajstić information content (AvgIpc) is 2.51. The molecule has 15 heavy (non-hydrogen) atoms. The summed E-state index contributed by atoms with van der Waals surface area (Å²) in [7, 11) is 0. The van der Waals surface area contributed by atoms with Gasteiger partial charge in [0.05, 0.1) is 28.3 Å². The van der Waals surface area contributed by atoms with Crippen LogP contribution in [0.1, 0.15) is 5.69 Å². The van der Waals surface area contributed by atoms with Crippen LogP contribution in [0, 0.1) is 6.92 Å². The summed E-state index contributed by atoms with van der Waals surface area (Å²) in [6.07, 6.45) is 1.72. The Bertz CT molecular complexity index is 486. The van der Waals surface area contributed by atoms with Gasteiger partial charge in [-0.2, -0.15) is 5.10 Å². The Morgan fingerprint density at radius 3 is 2.67 bits per heavy atom. The van der Waals surface area contributed by atoms with Gasteiger partial charge >= 0.3 is 0 Å². The molecule has 0 saturated heterocycles. The first-order valence-corrected chi connectivity index (χ1v) is 5.10. The third-order valence-corrected chi connectivity index (χ3v) is 2.65. The lowest BCUT2D eigenvalue weighted by atomic mass is 10.3. The predicted octanol–water partition coefficient (Wildman–Crippen LogP) is 3.07. The van der Waals surface area contributed by atoms with Gasteiger partial charge in [0, 0.05) is 5.02 Å². The highest BCUT2D eigenvalue weighted by Gasteiger charge is 2.07. The molecule has 0 radical (unpaired) electrons. The fourth-order valence-electron chi connectivity index (χ4n) is 1.26. The summed E-state index contributed by atoms with van der Waals surface area (Å²) in [5.41, 5.74) is 7.83. The molecule has 0 bridgehead atoms. The minimum absolute atomic E-state index is 0.585. The fourth-order valence-corrected chi connectivity index (χ4v) is 1.63. The molecule has 78 valence electrons. The monoisotopic (exact) mass is 241 g/mol. The number of anilines is 1. The second-order valence-electron chi connectivity index (χ2n) is 3.21. The van der Waals surface area contributed by atoms with Gasteiger partial charge in [0.25, 0.3) is 0 Å². The van der Waals surface area contributed by atoms with E-state index in [1.165, 1.54) is 0 Å². The number of aromatic nitrogens is 2. The van der Waals surface area contributed by atoms with E-state index in [0.29, 0.717) is 15.7 Å². The third-order valence-electron chi connectivity index (χ3n) is 2.09. The molecule has 1 heterocycles. The molecule has 0 aliphatic carbocycles. The quantitative estimate of drug-likeness (QED) is 0.835. The van der Waals surface area contributed by atoms with Crippen molar-refractivity contribution < 1.29 is 0 Å². The second kappa shape index (κ2) is 3.76. The Kier molecular flexibility index (Phi) is 2.59. The second-order valence-corrected chi connectivity index (χ2v) is 4.05. The van der Waals surface area contributed by atoms with Gasteiger partial charge in [-0.15, -0.1) is 0 Å². The Hall–Kier alpha value is -1.19. The molecule has 0 aliphatic rings. The standard InChI is InChI=1S/C10H9Cl2N3/c1-6-9(13)5-15(14-6)10-4-7(11)2-3-8(10)12/h2-5H,13H2,1H3. The Morgan fingerprint density at radius 2 is 2.07 bits per heavy atom. The minimum Gasteiger partial charge on any atom is -0.396 e.